The SMILES string of the molecule is CN(Cc1nccs1)C(=O)C1CCC(=O)N(C2CCCCCC2)C1. The first-order valence-corrected chi connectivity index (χ1v) is 9.96. The summed E-state index contributed by atoms with van der Waals surface area (Å²) in [5.41, 5.74) is 0. The molecule has 2 fully saturated rings. The summed E-state index contributed by atoms with van der Waals surface area (Å²) >= 11 is 1.57. The summed E-state index contributed by atoms with van der Waals surface area (Å²) in [6.07, 6.45) is 10.1. The Balaban J connectivity index is 1.61. The number of piperidine rings is 1. The first kappa shape index (κ1) is 17.4. The van der Waals surface area contributed by atoms with Crippen LogP contribution in [0.25, 0.3) is 0 Å². The van der Waals surface area contributed by atoms with Crippen LogP contribution >= 0.6 is 11.3 Å². The number of rotatable bonds is 4. The van der Waals surface area contributed by atoms with Crippen LogP contribution in [-0.4, -0.2) is 46.2 Å². The zero-order chi connectivity index (χ0) is 16.9. The standard InChI is InChI=1S/C18H27N3O2S/c1-20(13-16-19-10-11-24-16)18(23)14-8-9-17(22)21(12-14)15-6-4-2-3-5-7-15/h10-11,14-15H,2-9,12-13H2,1H3. The van der Waals surface area contributed by atoms with E-state index in [2.05, 4.69) is 4.98 Å². The highest BCUT2D eigenvalue weighted by molar-refractivity contribution is 7.09. The molecule has 1 aliphatic heterocycles. The van der Waals surface area contributed by atoms with Crippen LogP contribution in [0.2, 0.25) is 0 Å². The van der Waals surface area contributed by atoms with Crippen molar-refractivity contribution in [3.8, 4) is 0 Å². The van der Waals surface area contributed by atoms with E-state index in [1.807, 2.05) is 17.3 Å². The van der Waals surface area contributed by atoms with Crippen LogP contribution in [-0.2, 0) is 16.1 Å². The lowest BCUT2D eigenvalue weighted by Crippen LogP contribution is -2.50. The Morgan fingerprint density at radius 1 is 1.29 bits per heavy atom. The highest BCUT2D eigenvalue weighted by atomic mass is 32.1. The second kappa shape index (κ2) is 8.10. The van der Waals surface area contributed by atoms with Crippen LogP contribution in [0, 0.1) is 5.92 Å². The van der Waals surface area contributed by atoms with Crippen molar-refractivity contribution >= 4 is 23.2 Å². The van der Waals surface area contributed by atoms with Crippen LogP contribution in [0.5, 0.6) is 0 Å². The Labute approximate surface area is 148 Å². The van der Waals surface area contributed by atoms with Crippen LogP contribution in [0.15, 0.2) is 11.6 Å². The molecule has 2 aliphatic rings. The second-order valence-electron chi connectivity index (χ2n) is 7.05. The lowest BCUT2D eigenvalue weighted by molar-refractivity contribution is -0.144. The highest BCUT2D eigenvalue weighted by Gasteiger charge is 2.35. The minimum atomic E-state index is -0.0593. The Bertz CT molecular complexity index is 553. The summed E-state index contributed by atoms with van der Waals surface area (Å²) in [5, 5.41) is 2.89. The van der Waals surface area contributed by atoms with Gasteiger partial charge in [0.1, 0.15) is 5.01 Å². The molecule has 6 heteroatoms. The van der Waals surface area contributed by atoms with Crippen molar-refractivity contribution in [2.24, 2.45) is 5.92 Å². The number of aromatic nitrogens is 1. The minimum Gasteiger partial charge on any atom is -0.339 e. The third-order valence-corrected chi connectivity index (χ3v) is 6.06. The molecular weight excluding hydrogens is 322 g/mol. The third kappa shape index (κ3) is 4.15. The molecule has 24 heavy (non-hydrogen) atoms. The number of carbonyl (C=O) groups excluding carboxylic acids is 2. The van der Waals surface area contributed by atoms with Gasteiger partial charge >= 0.3 is 0 Å². The van der Waals surface area contributed by atoms with Gasteiger partial charge in [0.25, 0.3) is 0 Å². The highest BCUT2D eigenvalue weighted by Crippen LogP contribution is 2.28. The van der Waals surface area contributed by atoms with Crippen LogP contribution in [0.1, 0.15) is 56.4 Å². The van der Waals surface area contributed by atoms with Crippen LogP contribution in [0.3, 0.4) is 0 Å². The van der Waals surface area contributed by atoms with Crippen LogP contribution < -0.4 is 0 Å². The van der Waals surface area contributed by atoms with E-state index in [0.29, 0.717) is 32.0 Å². The quantitative estimate of drug-likeness (QED) is 0.785. The number of likely N-dealkylation sites (tertiary alicyclic amines) is 1. The van der Waals surface area contributed by atoms with E-state index in [1.165, 1.54) is 25.7 Å². The molecule has 5 nitrogen and oxygen atoms in total. The number of hydrogen-bond donors (Lipinski definition) is 0. The molecule has 0 aromatic carbocycles. The van der Waals surface area contributed by atoms with E-state index in [1.54, 1.807) is 22.4 Å². The number of hydrogen-bond acceptors (Lipinski definition) is 4. The first-order chi connectivity index (χ1) is 11.6. The fraction of sp³-hybridized carbons (Fsp3) is 0.722. The van der Waals surface area contributed by atoms with Gasteiger partial charge in [-0.2, -0.15) is 0 Å². The van der Waals surface area contributed by atoms with Crippen molar-refractivity contribution < 1.29 is 9.59 Å². The van der Waals surface area contributed by atoms with Crippen molar-refractivity contribution in [3.63, 3.8) is 0 Å². The van der Waals surface area contributed by atoms with Gasteiger partial charge in [0, 0.05) is 37.6 Å². The number of amides is 2. The summed E-state index contributed by atoms with van der Waals surface area (Å²) in [7, 11) is 1.84. The molecule has 1 unspecified atom stereocenters. The molecule has 1 aromatic heterocycles. The maximum atomic E-state index is 12.8. The monoisotopic (exact) mass is 349 g/mol. The molecule has 0 bridgehead atoms. The van der Waals surface area contributed by atoms with E-state index in [4.69, 9.17) is 0 Å². The first-order valence-electron chi connectivity index (χ1n) is 9.08. The fourth-order valence-electron chi connectivity index (χ4n) is 3.92. The number of nitrogens with zero attached hydrogens (tertiary/aromatic N) is 3. The van der Waals surface area contributed by atoms with Crippen molar-refractivity contribution in [3.05, 3.63) is 16.6 Å². The van der Waals surface area contributed by atoms with Gasteiger partial charge in [-0.15, -0.1) is 11.3 Å². The summed E-state index contributed by atoms with van der Waals surface area (Å²) in [6.45, 7) is 1.16. The van der Waals surface area contributed by atoms with Gasteiger partial charge in [0.2, 0.25) is 11.8 Å². The fourth-order valence-corrected chi connectivity index (χ4v) is 4.59. The molecule has 1 aromatic rings. The summed E-state index contributed by atoms with van der Waals surface area (Å²) in [4.78, 5) is 33.2. The van der Waals surface area contributed by atoms with Gasteiger partial charge in [-0.25, -0.2) is 4.98 Å². The average Bonchev–Trinajstić information content (AvgIpc) is 2.94. The van der Waals surface area contributed by atoms with E-state index < -0.39 is 0 Å². The molecule has 0 spiro atoms. The van der Waals surface area contributed by atoms with Crippen LogP contribution in [0.4, 0.5) is 0 Å². The maximum absolute atomic E-state index is 12.8. The molecule has 0 N–H and O–H groups in total. The van der Waals surface area contributed by atoms with Gasteiger partial charge in [-0.3, -0.25) is 9.59 Å². The molecular formula is C18H27N3O2S. The van der Waals surface area contributed by atoms with Gasteiger partial charge in [-0.05, 0) is 19.3 Å². The van der Waals surface area contributed by atoms with Crippen molar-refractivity contribution in [1.29, 1.82) is 0 Å². The minimum absolute atomic E-state index is 0.0593. The van der Waals surface area contributed by atoms with Gasteiger partial charge < -0.3 is 9.80 Å². The number of carbonyl (C=O) groups is 2. The van der Waals surface area contributed by atoms with E-state index >= 15 is 0 Å². The van der Waals surface area contributed by atoms with Crippen molar-refractivity contribution in [1.82, 2.24) is 14.8 Å². The third-order valence-electron chi connectivity index (χ3n) is 5.29. The van der Waals surface area contributed by atoms with Crippen molar-refractivity contribution in [2.75, 3.05) is 13.6 Å². The average molecular weight is 350 g/mol. The zero-order valence-corrected chi connectivity index (χ0v) is 15.3. The molecule has 132 valence electrons. The molecule has 1 saturated carbocycles. The Hall–Kier alpha value is -1.43. The lowest BCUT2D eigenvalue weighted by Gasteiger charge is -2.38. The largest absolute Gasteiger partial charge is 0.339 e. The van der Waals surface area contributed by atoms with Gasteiger partial charge in [0.15, 0.2) is 0 Å². The lowest BCUT2D eigenvalue weighted by atomic mass is 9.93. The van der Waals surface area contributed by atoms with Crippen molar-refractivity contribution in [2.45, 2.75) is 64.0 Å². The molecule has 1 atom stereocenters. The smallest absolute Gasteiger partial charge is 0.227 e. The summed E-state index contributed by atoms with van der Waals surface area (Å²) < 4.78 is 0. The molecule has 1 saturated heterocycles. The zero-order valence-electron chi connectivity index (χ0n) is 14.4. The van der Waals surface area contributed by atoms with Gasteiger partial charge in [0.05, 0.1) is 12.5 Å². The summed E-state index contributed by atoms with van der Waals surface area (Å²) in [5.74, 6) is 0.334. The Morgan fingerprint density at radius 3 is 2.71 bits per heavy atom. The molecule has 2 amide bonds. The molecule has 2 heterocycles. The van der Waals surface area contributed by atoms with E-state index in [9.17, 15) is 9.59 Å². The maximum Gasteiger partial charge on any atom is 0.227 e. The Morgan fingerprint density at radius 2 is 2.04 bits per heavy atom. The predicted molar refractivity (Wildman–Crippen MR) is 94.5 cm³/mol. The molecule has 0 radical (unpaired) electrons. The summed E-state index contributed by atoms with van der Waals surface area (Å²) in [6, 6.07) is 0.347. The normalized spacial score (nSPS) is 23.1. The predicted octanol–water partition coefficient (Wildman–Crippen LogP) is 3.06. The number of thiazole rings is 1. The Kier molecular flexibility index (Phi) is 5.87. The molecule has 3 rings (SSSR count). The second-order valence-corrected chi connectivity index (χ2v) is 8.03. The van der Waals surface area contributed by atoms with E-state index in [-0.39, 0.29) is 17.7 Å². The van der Waals surface area contributed by atoms with Gasteiger partial charge in [-0.1, -0.05) is 25.7 Å². The topological polar surface area (TPSA) is 53.5 Å². The van der Waals surface area contributed by atoms with E-state index in [0.717, 1.165) is 17.8 Å². The molecule has 1 aliphatic carbocycles.